The first-order chi connectivity index (χ1) is 4.63. The lowest BCUT2D eigenvalue weighted by atomic mass is 10.2. The summed E-state index contributed by atoms with van der Waals surface area (Å²) in [7, 11) is 2.02. The van der Waals surface area contributed by atoms with Crippen LogP contribution in [0.3, 0.4) is 0 Å². The summed E-state index contributed by atoms with van der Waals surface area (Å²) in [6.45, 7) is 4.09. The maximum Gasteiger partial charge on any atom is 0.182 e. The van der Waals surface area contributed by atoms with E-state index in [1.807, 2.05) is 26.2 Å². The molecule has 0 atom stereocenters. The number of hydrogen-bond donors (Lipinski definition) is 1. The van der Waals surface area contributed by atoms with Gasteiger partial charge in [-0.15, -0.1) is 0 Å². The van der Waals surface area contributed by atoms with Crippen molar-refractivity contribution < 1.29 is 28.5 Å². The number of rotatable bonds is 0. The Bertz CT molecular complexity index is 232. The second kappa shape index (κ2) is 3.90. The van der Waals surface area contributed by atoms with Crippen LogP contribution in [0.25, 0.3) is 0 Å². The lowest BCUT2D eigenvalue weighted by molar-refractivity contribution is -0.677. The van der Waals surface area contributed by atoms with Crippen LogP contribution in [0.1, 0.15) is 11.3 Å². The van der Waals surface area contributed by atoms with Gasteiger partial charge in [-0.25, -0.2) is 4.57 Å². The summed E-state index contributed by atoms with van der Waals surface area (Å²) in [5.41, 5.74) is 8.94. The number of anilines is 1. The second-order valence-corrected chi connectivity index (χ2v) is 2.59. The van der Waals surface area contributed by atoms with Gasteiger partial charge in [0.1, 0.15) is 7.05 Å². The molecule has 0 saturated carbocycles. The van der Waals surface area contributed by atoms with Crippen LogP contribution >= 0.6 is 0 Å². The predicted octanol–water partition coefficient (Wildman–Crippen LogP) is -2.29. The smallest absolute Gasteiger partial charge is 0.182 e. The molecule has 0 aliphatic carbocycles. The Morgan fingerprint density at radius 3 is 2.36 bits per heavy atom. The Labute approximate surface area is 84.4 Å². The van der Waals surface area contributed by atoms with Crippen molar-refractivity contribution in [3.63, 3.8) is 0 Å². The lowest BCUT2D eigenvalue weighted by Gasteiger charge is -2.00. The topological polar surface area (TPSA) is 29.9 Å². The molecular weight excluding hydrogens is 251 g/mol. The molecule has 1 heterocycles. The van der Waals surface area contributed by atoms with Gasteiger partial charge in [-0.1, -0.05) is 0 Å². The zero-order valence-corrected chi connectivity index (χ0v) is 9.21. The van der Waals surface area contributed by atoms with Gasteiger partial charge in [0.2, 0.25) is 0 Å². The van der Waals surface area contributed by atoms with Crippen LogP contribution in [-0.2, 0) is 7.05 Å². The number of nitrogen functional groups attached to an aromatic ring is 1. The highest BCUT2D eigenvalue weighted by molar-refractivity contribution is 5.44. The van der Waals surface area contributed by atoms with Gasteiger partial charge in [0.05, 0.1) is 0 Å². The van der Waals surface area contributed by atoms with Crippen molar-refractivity contribution in [2.45, 2.75) is 13.8 Å². The molecule has 3 heteroatoms. The average Bonchev–Trinajstić information content (AvgIpc) is 1.93. The number of pyridine rings is 1. The molecule has 62 valence electrons. The van der Waals surface area contributed by atoms with Gasteiger partial charge in [-0.3, -0.25) is 0 Å². The second-order valence-electron chi connectivity index (χ2n) is 2.59. The van der Waals surface area contributed by atoms with Gasteiger partial charge in [0.25, 0.3) is 0 Å². The molecule has 0 saturated heterocycles. The lowest BCUT2D eigenvalue weighted by Crippen LogP contribution is -3.00. The number of nitrogens with zero attached hydrogens (tertiary/aromatic N) is 1. The number of halogens is 1. The van der Waals surface area contributed by atoms with Gasteiger partial charge in [-0.05, 0) is 6.92 Å². The largest absolute Gasteiger partial charge is 1.00 e. The number of nitrogens with two attached hydrogens (primary N) is 1. The zero-order valence-electron chi connectivity index (χ0n) is 7.06. The Kier molecular flexibility index (Phi) is 3.78. The van der Waals surface area contributed by atoms with Crippen LogP contribution < -0.4 is 34.3 Å². The number of hydrogen-bond acceptors (Lipinski definition) is 1. The first-order valence-electron chi connectivity index (χ1n) is 3.34. The minimum absolute atomic E-state index is 0. The monoisotopic (exact) mass is 264 g/mol. The van der Waals surface area contributed by atoms with Crippen molar-refractivity contribution in [2.24, 2.45) is 7.05 Å². The third-order valence-electron chi connectivity index (χ3n) is 1.98. The van der Waals surface area contributed by atoms with Crippen molar-refractivity contribution >= 4 is 5.69 Å². The van der Waals surface area contributed by atoms with E-state index in [2.05, 4.69) is 11.5 Å². The Balaban J connectivity index is 0.000001000. The molecule has 11 heavy (non-hydrogen) atoms. The maximum absolute atomic E-state index is 5.68. The van der Waals surface area contributed by atoms with Crippen LogP contribution in [0, 0.1) is 13.8 Å². The van der Waals surface area contributed by atoms with Crippen LogP contribution in [0.2, 0.25) is 0 Å². The third-order valence-corrected chi connectivity index (χ3v) is 1.98. The molecule has 1 aromatic rings. The average molecular weight is 264 g/mol. The van der Waals surface area contributed by atoms with Crippen molar-refractivity contribution in [1.82, 2.24) is 0 Å². The zero-order chi connectivity index (χ0) is 7.72. The van der Waals surface area contributed by atoms with Crippen molar-refractivity contribution in [2.75, 3.05) is 5.73 Å². The van der Waals surface area contributed by atoms with Crippen LogP contribution in [0.15, 0.2) is 12.3 Å². The minimum Gasteiger partial charge on any atom is -1.00 e. The van der Waals surface area contributed by atoms with Crippen molar-refractivity contribution in [3.05, 3.63) is 23.5 Å². The van der Waals surface area contributed by atoms with Crippen molar-refractivity contribution in [3.8, 4) is 0 Å². The fraction of sp³-hybridized carbons (Fsp3) is 0.375. The van der Waals surface area contributed by atoms with Crippen LogP contribution in [0.5, 0.6) is 0 Å². The highest BCUT2D eigenvalue weighted by Gasteiger charge is 2.05. The summed E-state index contributed by atoms with van der Waals surface area (Å²) < 4.78 is 2.06. The molecule has 2 nitrogen and oxygen atoms in total. The fourth-order valence-corrected chi connectivity index (χ4v) is 0.902. The third kappa shape index (κ3) is 2.05. The maximum atomic E-state index is 5.68. The molecule has 0 amide bonds. The summed E-state index contributed by atoms with van der Waals surface area (Å²) in [6, 6.07) is 1.92. The Hall–Kier alpha value is -0.320. The summed E-state index contributed by atoms with van der Waals surface area (Å²) in [6.07, 6.45) is 1.97. The quantitative estimate of drug-likeness (QED) is 0.415. The fourth-order valence-electron chi connectivity index (χ4n) is 0.902. The molecule has 1 rings (SSSR count). The first kappa shape index (κ1) is 10.7. The molecule has 2 N–H and O–H groups in total. The van der Waals surface area contributed by atoms with E-state index in [4.69, 9.17) is 5.73 Å². The van der Waals surface area contributed by atoms with Gasteiger partial charge >= 0.3 is 0 Å². The molecule has 0 radical (unpaired) electrons. The summed E-state index contributed by atoms with van der Waals surface area (Å²) >= 11 is 0. The van der Waals surface area contributed by atoms with Gasteiger partial charge in [-0.2, -0.15) is 0 Å². The highest BCUT2D eigenvalue weighted by Crippen LogP contribution is 2.08. The molecular formula is C8H13IN2. The highest BCUT2D eigenvalue weighted by atomic mass is 127. The summed E-state index contributed by atoms with van der Waals surface area (Å²) in [4.78, 5) is 0. The molecule has 1 aromatic heterocycles. The van der Waals surface area contributed by atoms with E-state index in [1.165, 1.54) is 11.3 Å². The summed E-state index contributed by atoms with van der Waals surface area (Å²) in [5.74, 6) is 0. The van der Waals surface area contributed by atoms with Crippen LogP contribution in [-0.4, -0.2) is 0 Å². The van der Waals surface area contributed by atoms with Gasteiger partial charge in [0, 0.05) is 24.2 Å². The normalized spacial score (nSPS) is 9.00. The van der Waals surface area contributed by atoms with E-state index in [1.54, 1.807) is 0 Å². The van der Waals surface area contributed by atoms with E-state index in [0.717, 1.165) is 5.69 Å². The minimum atomic E-state index is 0. The molecule has 0 spiro atoms. The van der Waals surface area contributed by atoms with Gasteiger partial charge < -0.3 is 29.7 Å². The van der Waals surface area contributed by atoms with E-state index in [-0.39, 0.29) is 24.0 Å². The number of aryl methyl sites for hydroxylation is 1. The molecule has 0 bridgehead atoms. The molecule has 0 aliphatic heterocycles. The van der Waals surface area contributed by atoms with E-state index >= 15 is 0 Å². The SMILES string of the molecule is Cc1c(N)cc[n+](C)c1C.[I-]. The standard InChI is InChI=1S/C8H12N2.HI/c1-6-7(2)10(3)5-4-8(6)9;/h4-5,9H,1-3H3;1H. The van der Waals surface area contributed by atoms with E-state index in [0.29, 0.717) is 0 Å². The molecule has 0 aromatic carbocycles. The predicted molar refractivity (Wildman–Crippen MR) is 41.5 cm³/mol. The Morgan fingerprint density at radius 2 is 1.91 bits per heavy atom. The van der Waals surface area contributed by atoms with Crippen molar-refractivity contribution in [1.29, 1.82) is 0 Å². The summed E-state index contributed by atoms with van der Waals surface area (Å²) in [5, 5.41) is 0. The van der Waals surface area contributed by atoms with E-state index in [9.17, 15) is 0 Å². The van der Waals surface area contributed by atoms with Crippen LogP contribution in [0.4, 0.5) is 5.69 Å². The number of aromatic nitrogens is 1. The molecule has 0 aliphatic rings. The van der Waals surface area contributed by atoms with E-state index < -0.39 is 0 Å². The first-order valence-corrected chi connectivity index (χ1v) is 3.34. The molecule has 0 unspecified atom stereocenters. The Morgan fingerprint density at radius 1 is 1.36 bits per heavy atom. The van der Waals surface area contributed by atoms with Gasteiger partial charge in [0.15, 0.2) is 11.9 Å². The molecule has 0 fully saturated rings.